The van der Waals surface area contributed by atoms with Gasteiger partial charge in [-0.05, 0) is 84.8 Å². The van der Waals surface area contributed by atoms with Crippen LogP contribution in [0.3, 0.4) is 0 Å². The highest BCUT2D eigenvalue weighted by molar-refractivity contribution is 5.94. The van der Waals surface area contributed by atoms with E-state index >= 15 is 9.59 Å². The summed E-state index contributed by atoms with van der Waals surface area (Å²) in [7, 11) is 4.30. The van der Waals surface area contributed by atoms with Gasteiger partial charge in [0.1, 0.15) is 49.3 Å². The molecule has 0 spiro atoms. The number of esters is 2. The minimum atomic E-state index is -2.05. The molecule has 6 rings (SSSR count). The van der Waals surface area contributed by atoms with E-state index in [1.165, 1.54) is 28.3 Å². The Morgan fingerprint density at radius 1 is 0.802 bits per heavy atom. The lowest BCUT2D eigenvalue weighted by Gasteiger charge is -2.45. The van der Waals surface area contributed by atoms with Crippen molar-refractivity contribution in [2.45, 2.75) is 238 Å². The third kappa shape index (κ3) is 16.6. The van der Waals surface area contributed by atoms with Crippen LogP contribution in [0, 0.1) is 41.4 Å². The molecule has 1 aromatic rings. The van der Waals surface area contributed by atoms with Gasteiger partial charge in [-0.2, -0.15) is 0 Å². The molecular formula is C60H97N3O18. The zero-order valence-electron chi connectivity index (χ0n) is 50.8. The average molecular weight is 1150 g/mol. The number of aliphatic hydroxyl groups excluding tert-OH is 2. The Balaban J connectivity index is 1.38. The maximum absolute atomic E-state index is 15.4. The first-order valence-corrected chi connectivity index (χ1v) is 29.4. The highest BCUT2D eigenvalue weighted by Gasteiger charge is 2.52. The van der Waals surface area contributed by atoms with Crippen LogP contribution in [0.5, 0.6) is 0 Å². The quantitative estimate of drug-likeness (QED) is 0.109. The highest BCUT2D eigenvalue weighted by atomic mass is 16.7. The van der Waals surface area contributed by atoms with Gasteiger partial charge in [0.15, 0.2) is 24.7 Å². The maximum atomic E-state index is 15.4. The number of ether oxygens (including phenoxy) is 10. The number of aliphatic hydroxyl groups is 3. The number of oxime groups is 1. The fraction of sp³-hybridized carbons (Fsp3) is 0.817. The number of hydrogen-bond donors (Lipinski definition) is 4. The first-order valence-electron chi connectivity index (χ1n) is 29.4. The number of carbonyl (C=O) groups is 4. The number of cyclic esters (lactones) is 1. The molecule has 1 aliphatic carbocycles. The van der Waals surface area contributed by atoms with Crippen LogP contribution >= 0.6 is 0 Å². The highest BCUT2D eigenvalue weighted by Crippen LogP contribution is 2.40. The smallest absolute Gasteiger partial charge is 0.311 e. The molecule has 0 radical (unpaired) electrons. The molecule has 4 N–H and O–H groups in total. The number of rotatable bonds is 17. The average Bonchev–Trinajstić information content (AvgIpc) is 3.63. The Kier molecular flexibility index (Phi) is 24.1. The van der Waals surface area contributed by atoms with Crippen molar-refractivity contribution in [3.63, 3.8) is 0 Å². The molecule has 5 fully saturated rings. The molecule has 5 aliphatic rings. The summed E-state index contributed by atoms with van der Waals surface area (Å²) in [4.78, 5) is 64.8. The summed E-state index contributed by atoms with van der Waals surface area (Å²) in [5.41, 5.74) is -1.14. The molecule has 0 bridgehead atoms. The summed E-state index contributed by atoms with van der Waals surface area (Å²) >= 11 is 0. The summed E-state index contributed by atoms with van der Waals surface area (Å²) in [5.74, 6) is -7.27. The molecule has 4 heterocycles. The number of amides is 1. The van der Waals surface area contributed by atoms with E-state index in [4.69, 9.17) is 52.2 Å². The van der Waals surface area contributed by atoms with Crippen LogP contribution in [-0.4, -0.2) is 194 Å². The van der Waals surface area contributed by atoms with Gasteiger partial charge in [-0.15, -0.1) is 0 Å². The number of carbonyl (C=O) groups excluding carboxylic acids is 4. The minimum absolute atomic E-state index is 0.00960. The normalized spacial score (nSPS) is 41.5. The van der Waals surface area contributed by atoms with Gasteiger partial charge in [0, 0.05) is 81.5 Å². The molecule has 4 saturated heterocycles. The van der Waals surface area contributed by atoms with Gasteiger partial charge in [0.2, 0.25) is 0 Å². The van der Waals surface area contributed by atoms with Crippen LogP contribution in [0.1, 0.15) is 139 Å². The second kappa shape index (κ2) is 29.4. The predicted octanol–water partition coefficient (Wildman–Crippen LogP) is 5.60. The zero-order chi connectivity index (χ0) is 59.8. The molecule has 1 amide bonds. The van der Waals surface area contributed by atoms with E-state index in [0.717, 1.165) is 12.8 Å². The van der Waals surface area contributed by atoms with E-state index in [0.29, 0.717) is 24.2 Å². The van der Waals surface area contributed by atoms with Crippen LogP contribution in [0.15, 0.2) is 35.5 Å². The van der Waals surface area contributed by atoms with Gasteiger partial charge in [0.25, 0.3) is 5.91 Å². The van der Waals surface area contributed by atoms with E-state index in [1.807, 2.05) is 66.7 Å². The minimum Gasteiger partial charge on any atom is -0.461 e. The van der Waals surface area contributed by atoms with Gasteiger partial charge < -0.3 is 72.8 Å². The monoisotopic (exact) mass is 1150 g/mol. The number of hydrogen-bond acceptors (Lipinski definition) is 20. The fourth-order valence-electron chi connectivity index (χ4n) is 12.9. The Morgan fingerprint density at radius 3 is 2.10 bits per heavy atom. The number of nitrogens with one attached hydrogen (secondary N) is 1. The van der Waals surface area contributed by atoms with E-state index in [9.17, 15) is 24.9 Å². The molecule has 21 nitrogen and oxygen atoms in total. The number of benzene rings is 1. The molecule has 1 unspecified atom stereocenters. The standard InChI is InChI=1S/C60H97N3O18/c1-30(2)22-45(64)78-51-37(9)50(32(4)29-74-59-54(72-15)53(71-14)47(65)40(12)77-59)80-57(69)39(11)52(79-46-23-33(5)63(28-35(7)75-46)43-25-42(26-43)61-56(68)41-20-18-17-19-21-41)36(8)49(31(3)27-60(13,70)55(67)38(51)10)81-58-48(66)44(62-73-16)24-34(6)76-58/h17-21,30-40,42-43,46-54,58-59,65-66,70H,22-29H2,1-16H3,(H,61,68)/b62-44+/t31-,32-,33?,34+,35-,36+,37-,38+,39+,40+,42?,43?,46-,47+,48+,49-,50+,51+,52-,53+,54+,58-,59+,60-/m0/s1. The van der Waals surface area contributed by atoms with Gasteiger partial charge in [0.05, 0.1) is 54.7 Å². The summed E-state index contributed by atoms with van der Waals surface area (Å²) in [6.07, 6.45) is -11.0. The molecule has 460 valence electrons. The van der Waals surface area contributed by atoms with Crippen molar-refractivity contribution >= 4 is 29.3 Å². The predicted molar refractivity (Wildman–Crippen MR) is 297 cm³/mol. The van der Waals surface area contributed by atoms with E-state index in [2.05, 4.69) is 22.3 Å². The van der Waals surface area contributed by atoms with Crippen molar-refractivity contribution in [3.05, 3.63) is 35.9 Å². The van der Waals surface area contributed by atoms with Gasteiger partial charge in [-0.1, -0.05) is 71.8 Å². The van der Waals surface area contributed by atoms with Crippen LogP contribution < -0.4 is 5.32 Å². The Morgan fingerprint density at radius 2 is 1.47 bits per heavy atom. The van der Waals surface area contributed by atoms with E-state index in [-0.39, 0.29) is 61.9 Å². The van der Waals surface area contributed by atoms with Crippen molar-refractivity contribution in [2.75, 3.05) is 34.5 Å². The molecule has 1 aromatic carbocycles. The van der Waals surface area contributed by atoms with E-state index in [1.54, 1.807) is 39.8 Å². The molecule has 21 heteroatoms. The lowest BCUT2D eigenvalue weighted by atomic mass is 9.74. The van der Waals surface area contributed by atoms with Crippen LogP contribution in [-0.2, 0) is 66.6 Å². The number of nitrogens with zero attached hydrogens (tertiary/aromatic N) is 2. The molecule has 22 atom stereocenters. The lowest BCUT2D eigenvalue weighted by Crippen LogP contribution is -2.59. The number of ketones is 1. The second-order valence-corrected chi connectivity index (χ2v) is 24.7. The molecule has 0 aromatic heterocycles. The summed E-state index contributed by atoms with van der Waals surface area (Å²) in [5, 5.41) is 42.5. The van der Waals surface area contributed by atoms with Crippen molar-refractivity contribution in [1.29, 1.82) is 0 Å². The van der Waals surface area contributed by atoms with Crippen LogP contribution in [0.4, 0.5) is 0 Å². The van der Waals surface area contributed by atoms with Gasteiger partial charge in [-0.3, -0.25) is 24.1 Å². The molecule has 1 saturated carbocycles. The third-order valence-corrected chi connectivity index (χ3v) is 17.3. The summed E-state index contributed by atoms with van der Waals surface area (Å²) < 4.78 is 64.0. The van der Waals surface area contributed by atoms with Crippen molar-refractivity contribution in [1.82, 2.24) is 10.2 Å². The summed E-state index contributed by atoms with van der Waals surface area (Å²) in [6, 6.07) is 9.26. The van der Waals surface area contributed by atoms with Crippen molar-refractivity contribution < 1.29 is 86.7 Å². The molecular weight excluding hydrogens is 1050 g/mol. The van der Waals surface area contributed by atoms with Gasteiger partial charge >= 0.3 is 11.9 Å². The third-order valence-electron chi connectivity index (χ3n) is 17.3. The fourth-order valence-corrected chi connectivity index (χ4v) is 12.9. The molecule has 81 heavy (non-hydrogen) atoms. The van der Waals surface area contributed by atoms with Crippen molar-refractivity contribution in [2.24, 2.45) is 46.6 Å². The SMILES string of the molecule is CO/N=C1\C[C@@H](C)O[C@@H](O[C@@H]2[C@@H](C)[C@H](O[C@H]3CC(C)N(C4CC(NC(=O)c5ccccc5)C4)C[C@H](C)O3)[C@@H](C)C(=O)O[C@H]([C@@H](C)CO[C@@H]3O[C@H](C)[C@@H](O)[C@@H](OC)[C@H]3OC)[C@H](C)[C@@H](OC(=O)CC(C)C)[C@@H](C)C(=O)[C@@](C)(O)C[C@@H]2C)[C@@H]1O. The maximum Gasteiger partial charge on any atom is 0.311 e. The zero-order valence-corrected chi connectivity index (χ0v) is 50.8. The number of Topliss-reactive ketones (excluding diaryl/α,β-unsaturated/α-hetero) is 1. The lowest BCUT2D eigenvalue weighted by molar-refractivity contribution is -0.305. The Labute approximate surface area is 480 Å². The Hall–Kier alpha value is -3.71. The van der Waals surface area contributed by atoms with E-state index < -0.39 is 139 Å². The first kappa shape index (κ1) is 66.4. The molecule has 4 aliphatic heterocycles. The summed E-state index contributed by atoms with van der Waals surface area (Å²) in [6.45, 7) is 23.8. The second-order valence-electron chi connectivity index (χ2n) is 24.7. The van der Waals surface area contributed by atoms with Crippen LogP contribution in [0.25, 0.3) is 0 Å². The largest absolute Gasteiger partial charge is 0.461 e. The van der Waals surface area contributed by atoms with Crippen LogP contribution in [0.2, 0.25) is 0 Å². The Bertz CT molecular complexity index is 2220. The topological polar surface area (TPSA) is 258 Å². The first-order chi connectivity index (χ1) is 38.2. The number of methoxy groups -OCH3 is 2. The van der Waals surface area contributed by atoms with Crippen molar-refractivity contribution in [3.8, 4) is 0 Å². The van der Waals surface area contributed by atoms with Gasteiger partial charge in [-0.25, -0.2) is 0 Å².